The Bertz CT molecular complexity index is 718. The van der Waals surface area contributed by atoms with E-state index in [1.54, 1.807) is 12.1 Å². The minimum absolute atomic E-state index is 0.0122. The first-order chi connectivity index (χ1) is 11.3. The summed E-state index contributed by atoms with van der Waals surface area (Å²) in [5.41, 5.74) is 1.91. The van der Waals surface area contributed by atoms with Crippen LogP contribution in [0.25, 0.3) is 5.57 Å². The van der Waals surface area contributed by atoms with Gasteiger partial charge < -0.3 is 4.74 Å². The van der Waals surface area contributed by atoms with E-state index in [0.29, 0.717) is 22.8 Å². The molecule has 0 N–H and O–H groups in total. The van der Waals surface area contributed by atoms with E-state index in [1.807, 2.05) is 55.5 Å². The van der Waals surface area contributed by atoms with E-state index in [1.165, 1.54) is 11.8 Å². The summed E-state index contributed by atoms with van der Waals surface area (Å²) >= 11 is 1.26. The summed E-state index contributed by atoms with van der Waals surface area (Å²) < 4.78 is 5.60. The molecule has 0 spiro atoms. The minimum atomic E-state index is 0.0122. The molecule has 0 saturated heterocycles. The highest BCUT2D eigenvalue weighted by Crippen LogP contribution is 2.28. The largest absolute Gasteiger partial charge is 0.486 e. The number of nitrogens with zero attached hydrogens (tertiary/aromatic N) is 1. The lowest BCUT2D eigenvalue weighted by molar-refractivity contribution is 0.102. The van der Waals surface area contributed by atoms with E-state index in [4.69, 9.17) is 4.74 Å². The molecule has 0 saturated carbocycles. The van der Waals surface area contributed by atoms with Crippen molar-refractivity contribution in [2.24, 2.45) is 0 Å². The van der Waals surface area contributed by atoms with E-state index in [9.17, 15) is 10.1 Å². The molecule has 23 heavy (non-hydrogen) atoms. The third-order valence-corrected chi connectivity index (χ3v) is 4.07. The van der Waals surface area contributed by atoms with Crippen molar-refractivity contribution in [1.82, 2.24) is 0 Å². The fraction of sp³-hybridized carbons (Fsp3) is 0.158. The molecular weight excluding hydrogens is 306 g/mol. The Balaban J connectivity index is 2.19. The zero-order valence-corrected chi connectivity index (χ0v) is 13.7. The Morgan fingerprint density at radius 3 is 2.13 bits per heavy atom. The summed E-state index contributed by atoms with van der Waals surface area (Å²) in [5, 5.41) is 9.96. The van der Waals surface area contributed by atoms with Crippen LogP contribution in [0.1, 0.15) is 22.8 Å². The highest BCUT2D eigenvalue weighted by atomic mass is 32.2. The number of ether oxygens (including phenoxy) is 1. The van der Waals surface area contributed by atoms with Crippen LogP contribution >= 0.6 is 11.8 Å². The van der Waals surface area contributed by atoms with Gasteiger partial charge in [0.25, 0.3) is 0 Å². The number of carbonyl (C=O) groups excluding carboxylic acids is 1. The number of allylic oxidation sites excluding steroid dienone is 1. The van der Waals surface area contributed by atoms with Gasteiger partial charge >= 0.3 is 0 Å². The van der Waals surface area contributed by atoms with Gasteiger partial charge in [-0.3, -0.25) is 4.79 Å². The SMILES string of the molecule is CCO/C(SCC(=O)c1ccccc1)=C(/C#N)c1ccccc1. The molecule has 0 heterocycles. The highest BCUT2D eigenvalue weighted by molar-refractivity contribution is 8.03. The van der Waals surface area contributed by atoms with Gasteiger partial charge in [0.2, 0.25) is 0 Å². The molecule has 116 valence electrons. The second-order valence-electron chi connectivity index (χ2n) is 4.65. The summed E-state index contributed by atoms with van der Waals surface area (Å²) in [6, 6.07) is 20.7. The number of ketones is 1. The zero-order chi connectivity index (χ0) is 16.5. The van der Waals surface area contributed by atoms with E-state index >= 15 is 0 Å². The Morgan fingerprint density at radius 2 is 1.61 bits per heavy atom. The van der Waals surface area contributed by atoms with E-state index in [0.717, 1.165) is 5.56 Å². The molecule has 0 fully saturated rings. The average molecular weight is 323 g/mol. The van der Waals surface area contributed by atoms with Crippen LogP contribution in [0, 0.1) is 11.3 Å². The normalized spacial score (nSPS) is 11.3. The number of hydrogen-bond donors (Lipinski definition) is 0. The van der Waals surface area contributed by atoms with Crippen LogP contribution in [0.3, 0.4) is 0 Å². The average Bonchev–Trinajstić information content (AvgIpc) is 2.61. The molecule has 2 rings (SSSR count). The van der Waals surface area contributed by atoms with Gasteiger partial charge in [0, 0.05) is 5.56 Å². The van der Waals surface area contributed by atoms with Crippen LogP contribution in [0.4, 0.5) is 0 Å². The lowest BCUT2D eigenvalue weighted by atomic mass is 10.1. The van der Waals surface area contributed by atoms with Crippen molar-refractivity contribution in [1.29, 1.82) is 5.26 Å². The van der Waals surface area contributed by atoms with Gasteiger partial charge in [-0.2, -0.15) is 5.26 Å². The van der Waals surface area contributed by atoms with Gasteiger partial charge in [0.05, 0.1) is 12.4 Å². The number of thioether (sulfide) groups is 1. The Morgan fingerprint density at radius 1 is 1.04 bits per heavy atom. The van der Waals surface area contributed by atoms with Crippen LogP contribution in [-0.2, 0) is 4.74 Å². The van der Waals surface area contributed by atoms with Gasteiger partial charge in [0.1, 0.15) is 11.6 Å². The quantitative estimate of drug-likeness (QED) is 0.427. The Labute approximate surface area is 140 Å². The van der Waals surface area contributed by atoms with E-state index in [2.05, 4.69) is 6.07 Å². The van der Waals surface area contributed by atoms with E-state index < -0.39 is 0 Å². The van der Waals surface area contributed by atoms with Crippen LogP contribution in [0.5, 0.6) is 0 Å². The van der Waals surface area contributed by atoms with Crippen LogP contribution in [-0.4, -0.2) is 18.1 Å². The molecule has 0 aliphatic rings. The maximum absolute atomic E-state index is 12.2. The standard InChI is InChI=1S/C19H17NO2S/c1-2-22-19(17(13-20)15-9-5-3-6-10-15)23-14-18(21)16-11-7-4-8-12-16/h3-12H,2,14H2,1H3/b19-17+. The number of Topliss-reactive ketones (excluding diaryl/α,β-unsaturated/α-hetero) is 1. The van der Waals surface area contributed by atoms with Gasteiger partial charge in [-0.05, 0) is 12.5 Å². The van der Waals surface area contributed by atoms with Crippen molar-refractivity contribution >= 4 is 23.1 Å². The highest BCUT2D eigenvalue weighted by Gasteiger charge is 2.14. The third kappa shape index (κ3) is 4.73. The van der Waals surface area contributed by atoms with Crippen molar-refractivity contribution in [3.8, 4) is 6.07 Å². The van der Waals surface area contributed by atoms with Crippen molar-refractivity contribution in [3.05, 3.63) is 76.9 Å². The molecule has 0 atom stereocenters. The summed E-state index contributed by atoms with van der Waals surface area (Å²) in [7, 11) is 0. The topological polar surface area (TPSA) is 50.1 Å². The second-order valence-corrected chi connectivity index (χ2v) is 5.60. The number of rotatable bonds is 7. The van der Waals surface area contributed by atoms with E-state index in [-0.39, 0.29) is 11.5 Å². The molecule has 2 aromatic rings. The summed E-state index contributed by atoms with van der Waals surface area (Å²) in [6.45, 7) is 2.30. The predicted molar refractivity (Wildman–Crippen MR) is 93.8 cm³/mol. The molecule has 2 aromatic carbocycles. The number of benzene rings is 2. The minimum Gasteiger partial charge on any atom is -0.486 e. The molecule has 4 heteroatoms. The summed E-state index contributed by atoms with van der Waals surface area (Å²) in [6.07, 6.45) is 0. The van der Waals surface area contributed by atoms with Crippen molar-refractivity contribution < 1.29 is 9.53 Å². The van der Waals surface area contributed by atoms with Gasteiger partial charge in [-0.15, -0.1) is 0 Å². The van der Waals surface area contributed by atoms with Gasteiger partial charge in [0.15, 0.2) is 10.9 Å². The summed E-state index contributed by atoms with van der Waals surface area (Å²) in [4.78, 5) is 12.2. The van der Waals surface area contributed by atoms with Crippen molar-refractivity contribution in [2.75, 3.05) is 12.4 Å². The maximum atomic E-state index is 12.2. The first-order valence-corrected chi connectivity index (χ1v) is 8.28. The summed E-state index contributed by atoms with van der Waals surface area (Å²) in [5.74, 6) is 0.246. The zero-order valence-electron chi connectivity index (χ0n) is 12.9. The van der Waals surface area contributed by atoms with Crippen LogP contribution in [0.15, 0.2) is 65.8 Å². The third-order valence-electron chi connectivity index (χ3n) is 3.08. The fourth-order valence-corrected chi connectivity index (χ4v) is 2.93. The maximum Gasteiger partial charge on any atom is 0.173 e. The lowest BCUT2D eigenvalue weighted by Gasteiger charge is -2.11. The molecular formula is C19H17NO2S. The molecule has 0 aliphatic heterocycles. The van der Waals surface area contributed by atoms with Gasteiger partial charge in [-0.25, -0.2) is 0 Å². The second kappa shape index (κ2) is 8.82. The number of carbonyl (C=O) groups is 1. The lowest BCUT2D eigenvalue weighted by Crippen LogP contribution is -2.04. The molecule has 3 nitrogen and oxygen atoms in total. The Kier molecular flexibility index (Phi) is 6.46. The molecule has 0 unspecified atom stereocenters. The predicted octanol–water partition coefficient (Wildman–Crippen LogP) is 4.53. The molecule has 0 aromatic heterocycles. The first kappa shape index (κ1) is 16.9. The fourth-order valence-electron chi connectivity index (χ4n) is 1.99. The number of nitriles is 1. The van der Waals surface area contributed by atoms with Crippen LogP contribution < -0.4 is 0 Å². The smallest absolute Gasteiger partial charge is 0.173 e. The molecule has 0 aliphatic carbocycles. The monoisotopic (exact) mass is 323 g/mol. The molecule has 0 bridgehead atoms. The Hall–Kier alpha value is -2.51. The van der Waals surface area contributed by atoms with Crippen molar-refractivity contribution in [2.45, 2.75) is 6.92 Å². The van der Waals surface area contributed by atoms with Gasteiger partial charge in [-0.1, -0.05) is 72.4 Å². The molecule has 0 amide bonds. The molecule has 0 radical (unpaired) electrons. The van der Waals surface area contributed by atoms with Crippen LogP contribution in [0.2, 0.25) is 0 Å². The van der Waals surface area contributed by atoms with Crippen molar-refractivity contribution in [3.63, 3.8) is 0 Å². The first-order valence-electron chi connectivity index (χ1n) is 7.30. The number of hydrogen-bond acceptors (Lipinski definition) is 4.